The molecule has 2 rings (SSSR count). The largest absolute Gasteiger partial charge is 0.490 e. The monoisotopic (exact) mass is 232 g/mol. The summed E-state index contributed by atoms with van der Waals surface area (Å²) >= 11 is 0. The molecule has 0 amide bonds. The Morgan fingerprint density at radius 3 is 3.00 bits per heavy atom. The molecule has 1 unspecified atom stereocenters. The summed E-state index contributed by atoms with van der Waals surface area (Å²) in [5.41, 5.74) is 1.14. The average molecular weight is 232 g/mol. The van der Waals surface area contributed by atoms with Gasteiger partial charge in [0.2, 0.25) is 0 Å². The van der Waals surface area contributed by atoms with E-state index in [2.05, 4.69) is 38.1 Å². The molecule has 0 aliphatic carbocycles. The molecule has 0 saturated carbocycles. The van der Waals surface area contributed by atoms with Gasteiger partial charge in [-0.15, -0.1) is 0 Å². The second kappa shape index (κ2) is 5.37. The van der Waals surface area contributed by atoms with Crippen LogP contribution >= 0.6 is 0 Å². The number of ether oxygens (including phenoxy) is 2. The van der Waals surface area contributed by atoms with Gasteiger partial charge in [-0.2, -0.15) is 0 Å². The zero-order valence-corrected chi connectivity index (χ0v) is 10.6. The minimum absolute atomic E-state index is 0.0476. The van der Waals surface area contributed by atoms with E-state index in [1.54, 1.807) is 0 Å². The molecule has 2 heteroatoms. The molecular formula is C15H20O2. The van der Waals surface area contributed by atoms with Gasteiger partial charge in [0.05, 0.1) is 6.61 Å². The first-order valence-corrected chi connectivity index (χ1v) is 6.25. The third-order valence-corrected chi connectivity index (χ3v) is 2.81. The molecule has 1 aromatic carbocycles. The summed E-state index contributed by atoms with van der Waals surface area (Å²) in [6, 6.07) is 8.17. The van der Waals surface area contributed by atoms with E-state index in [-0.39, 0.29) is 5.60 Å². The van der Waals surface area contributed by atoms with Gasteiger partial charge in [0, 0.05) is 0 Å². The van der Waals surface area contributed by atoms with Crippen LogP contribution in [0.15, 0.2) is 30.3 Å². The van der Waals surface area contributed by atoms with E-state index < -0.39 is 0 Å². The van der Waals surface area contributed by atoms with Crippen LogP contribution in [0.3, 0.4) is 0 Å². The summed E-state index contributed by atoms with van der Waals surface area (Å²) in [6.07, 6.45) is 6.65. The van der Waals surface area contributed by atoms with Gasteiger partial charge in [0.1, 0.15) is 18.0 Å². The molecular weight excluding hydrogens is 212 g/mol. The van der Waals surface area contributed by atoms with Crippen LogP contribution in [0.2, 0.25) is 0 Å². The summed E-state index contributed by atoms with van der Waals surface area (Å²) in [5.74, 6) is 0.917. The number of benzene rings is 1. The predicted octanol–water partition coefficient (Wildman–Crippen LogP) is 3.67. The molecule has 92 valence electrons. The zero-order chi connectivity index (χ0) is 12.1. The molecule has 0 spiro atoms. The fourth-order valence-corrected chi connectivity index (χ4v) is 1.54. The smallest absolute Gasteiger partial charge is 0.123 e. The quantitative estimate of drug-likeness (QED) is 0.698. The van der Waals surface area contributed by atoms with Crippen LogP contribution in [0, 0.1) is 0 Å². The van der Waals surface area contributed by atoms with Crippen molar-refractivity contribution in [2.75, 3.05) is 13.2 Å². The summed E-state index contributed by atoms with van der Waals surface area (Å²) < 4.78 is 11.0. The molecule has 1 aliphatic heterocycles. The van der Waals surface area contributed by atoms with Gasteiger partial charge in [-0.1, -0.05) is 37.6 Å². The number of unbranched alkanes of at least 4 members (excludes halogenated alkanes) is 1. The third kappa shape index (κ3) is 3.90. The van der Waals surface area contributed by atoms with Gasteiger partial charge >= 0.3 is 0 Å². The molecule has 1 aliphatic rings. The van der Waals surface area contributed by atoms with Crippen LogP contribution in [-0.2, 0) is 4.74 Å². The average Bonchev–Trinajstić information content (AvgIpc) is 3.07. The highest BCUT2D eigenvalue weighted by atomic mass is 16.6. The molecule has 1 atom stereocenters. The Hall–Kier alpha value is -1.28. The highest BCUT2D eigenvalue weighted by Gasteiger charge is 2.40. The lowest BCUT2D eigenvalue weighted by Gasteiger charge is -2.09. The van der Waals surface area contributed by atoms with Crippen LogP contribution in [0.25, 0.3) is 6.08 Å². The Labute approximate surface area is 103 Å². The van der Waals surface area contributed by atoms with E-state index in [0.29, 0.717) is 6.61 Å². The molecule has 0 N–H and O–H groups in total. The number of epoxide rings is 1. The van der Waals surface area contributed by atoms with Crippen molar-refractivity contribution in [3.05, 3.63) is 35.9 Å². The van der Waals surface area contributed by atoms with E-state index in [1.165, 1.54) is 12.0 Å². The molecule has 1 heterocycles. The molecule has 1 aromatic rings. The van der Waals surface area contributed by atoms with Gasteiger partial charge < -0.3 is 9.47 Å². The van der Waals surface area contributed by atoms with Crippen molar-refractivity contribution >= 4 is 6.08 Å². The predicted molar refractivity (Wildman–Crippen MR) is 70.2 cm³/mol. The normalized spacial score (nSPS) is 22.9. The maximum Gasteiger partial charge on any atom is 0.123 e. The Bertz CT molecular complexity index is 392. The molecule has 0 bridgehead atoms. The van der Waals surface area contributed by atoms with E-state index in [1.807, 2.05) is 12.1 Å². The Balaban J connectivity index is 1.91. The molecule has 1 fully saturated rings. The van der Waals surface area contributed by atoms with Crippen LogP contribution in [0.5, 0.6) is 5.75 Å². The lowest BCUT2D eigenvalue weighted by molar-refractivity contribution is 0.202. The maximum absolute atomic E-state index is 5.72. The Morgan fingerprint density at radius 1 is 1.47 bits per heavy atom. The summed E-state index contributed by atoms with van der Waals surface area (Å²) in [5, 5.41) is 0. The first kappa shape index (κ1) is 12.2. The van der Waals surface area contributed by atoms with Gasteiger partial charge in [0.15, 0.2) is 0 Å². The topological polar surface area (TPSA) is 21.8 Å². The van der Waals surface area contributed by atoms with E-state index in [0.717, 1.165) is 18.8 Å². The second-order valence-corrected chi connectivity index (χ2v) is 4.79. The summed E-state index contributed by atoms with van der Waals surface area (Å²) in [7, 11) is 0. The van der Waals surface area contributed by atoms with Crippen LogP contribution in [0.1, 0.15) is 32.3 Å². The Kier molecular flexibility index (Phi) is 3.85. The van der Waals surface area contributed by atoms with Crippen LogP contribution in [-0.4, -0.2) is 18.8 Å². The third-order valence-electron chi connectivity index (χ3n) is 2.81. The zero-order valence-electron chi connectivity index (χ0n) is 10.6. The van der Waals surface area contributed by atoms with Crippen molar-refractivity contribution in [2.24, 2.45) is 0 Å². The minimum atomic E-state index is -0.0476. The minimum Gasteiger partial charge on any atom is -0.490 e. The van der Waals surface area contributed by atoms with Crippen molar-refractivity contribution in [2.45, 2.75) is 32.3 Å². The van der Waals surface area contributed by atoms with Crippen molar-refractivity contribution in [3.8, 4) is 5.75 Å². The van der Waals surface area contributed by atoms with Gasteiger partial charge in [-0.3, -0.25) is 0 Å². The van der Waals surface area contributed by atoms with Crippen molar-refractivity contribution in [1.29, 1.82) is 0 Å². The molecule has 0 radical (unpaired) electrons. The molecule has 1 saturated heterocycles. The van der Waals surface area contributed by atoms with E-state index in [9.17, 15) is 0 Å². The standard InChI is InChI=1S/C15H20O2/c1-3-4-5-7-13-8-6-9-14(10-13)16-11-15(2)12-17-15/h5-10H,3-4,11-12H2,1-2H3/b7-5+. The number of hydrogen-bond donors (Lipinski definition) is 0. The second-order valence-electron chi connectivity index (χ2n) is 4.79. The van der Waals surface area contributed by atoms with Crippen molar-refractivity contribution in [3.63, 3.8) is 0 Å². The Morgan fingerprint density at radius 2 is 2.29 bits per heavy atom. The van der Waals surface area contributed by atoms with Crippen molar-refractivity contribution < 1.29 is 9.47 Å². The lowest BCUT2D eigenvalue weighted by atomic mass is 10.2. The first-order chi connectivity index (χ1) is 8.22. The fourth-order valence-electron chi connectivity index (χ4n) is 1.54. The summed E-state index contributed by atoms with van der Waals surface area (Å²) in [4.78, 5) is 0. The molecule has 0 aromatic heterocycles. The van der Waals surface area contributed by atoms with Gasteiger partial charge in [0.25, 0.3) is 0 Å². The van der Waals surface area contributed by atoms with Crippen LogP contribution in [0.4, 0.5) is 0 Å². The first-order valence-electron chi connectivity index (χ1n) is 6.25. The highest BCUT2D eigenvalue weighted by molar-refractivity contribution is 5.51. The van der Waals surface area contributed by atoms with Gasteiger partial charge in [-0.25, -0.2) is 0 Å². The maximum atomic E-state index is 5.72. The number of allylic oxidation sites excluding steroid dienone is 1. The number of rotatable bonds is 6. The number of hydrogen-bond acceptors (Lipinski definition) is 2. The van der Waals surface area contributed by atoms with E-state index in [4.69, 9.17) is 9.47 Å². The van der Waals surface area contributed by atoms with Crippen molar-refractivity contribution in [1.82, 2.24) is 0 Å². The van der Waals surface area contributed by atoms with Gasteiger partial charge in [-0.05, 0) is 31.0 Å². The molecule has 17 heavy (non-hydrogen) atoms. The summed E-state index contributed by atoms with van der Waals surface area (Å²) in [6.45, 7) is 5.69. The van der Waals surface area contributed by atoms with Crippen LogP contribution < -0.4 is 4.74 Å². The highest BCUT2D eigenvalue weighted by Crippen LogP contribution is 2.27. The SMILES string of the molecule is CCC/C=C/c1cccc(OCC2(C)CO2)c1. The molecule has 2 nitrogen and oxygen atoms in total. The lowest BCUT2D eigenvalue weighted by Crippen LogP contribution is -2.16. The fraction of sp³-hybridized carbons (Fsp3) is 0.467. The van der Waals surface area contributed by atoms with E-state index >= 15 is 0 Å².